The number of nitrogens with one attached hydrogen (secondary N) is 1. The van der Waals surface area contributed by atoms with Gasteiger partial charge in [0, 0.05) is 18.3 Å². The highest BCUT2D eigenvalue weighted by Gasteiger charge is 2.40. The molecule has 2 aliphatic rings. The maximum Gasteiger partial charge on any atom is 0.422 e. The Morgan fingerprint density at radius 1 is 1.09 bits per heavy atom. The van der Waals surface area contributed by atoms with Gasteiger partial charge in [0.25, 0.3) is 0 Å². The lowest BCUT2D eigenvalue weighted by molar-refractivity contribution is -0.153. The molecule has 0 bridgehead atoms. The first-order valence-corrected chi connectivity index (χ1v) is 11.6. The molecule has 8 nitrogen and oxygen atoms in total. The predicted molar refractivity (Wildman–Crippen MR) is 111 cm³/mol. The molecule has 2 heterocycles. The van der Waals surface area contributed by atoms with Crippen molar-refractivity contribution in [3.63, 3.8) is 0 Å². The normalized spacial score (nSPS) is 18.7. The number of anilines is 1. The molecule has 0 aliphatic carbocycles. The molecule has 1 N–H and O–H groups in total. The highest BCUT2D eigenvalue weighted by molar-refractivity contribution is 7.89. The quantitative estimate of drug-likeness (QED) is 0.674. The molecular weight excluding hydrogens is 465 g/mol. The van der Waals surface area contributed by atoms with Crippen LogP contribution in [0.4, 0.5) is 18.9 Å². The summed E-state index contributed by atoms with van der Waals surface area (Å²) in [5, 5.41) is 2.62. The van der Waals surface area contributed by atoms with E-state index in [1.807, 2.05) is 0 Å². The molecule has 2 aliphatic heterocycles. The van der Waals surface area contributed by atoms with Gasteiger partial charge in [-0.1, -0.05) is 0 Å². The first kappa shape index (κ1) is 23.2. The number of ether oxygens (including phenoxy) is 3. The second-order valence-electron chi connectivity index (χ2n) is 7.50. The Morgan fingerprint density at radius 3 is 2.48 bits per heavy atom. The van der Waals surface area contributed by atoms with Gasteiger partial charge in [-0.25, -0.2) is 8.42 Å². The summed E-state index contributed by atoms with van der Waals surface area (Å²) in [6.45, 7) is -0.555. The van der Waals surface area contributed by atoms with E-state index in [2.05, 4.69) is 10.1 Å². The number of hydrogen-bond donors (Lipinski definition) is 1. The Hall–Kier alpha value is -2.99. The van der Waals surface area contributed by atoms with E-state index in [4.69, 9.17) is 9.47 Å². The van der Waals surface area contributed by atoms with Gasteiger partial charge in [-0.3, -0.25) is 4.79 Å². The van der Waals surface area contributed by atoms with Crippen LogP contribution in [-0.4, -0.2) is 57.2 Å². The number of nitrogens with zero attached hydrogens (tertiary/aromatic N) is 1. The van der Waals surface area contributed by atoms with E-state index in [0.29, 0.717) is 43.2 Å². The van der Waals surface area contributed by atoms with Crippen molar-refractivity contribution in [2.75, 3.05) is 31.7 Å². The molecule has 33 heavy (non-hydrogen) atoms. The van der Waals surface area contributed by atoms with Crippen LogP contribution in [0.1, 0.15) is 12.8 Å². The Morgan fingerprint density at radius 2 is 1.79 bits per heavy atom. The third-order valence-electron chi connectivity index (χ3n) is 5.15. The van der Waals surface area contributed by atoms with Crippen LogP contribution in [-0.2, 0) is 14.8 Å². The highest BCUT2D eigenvalue weighted by Crippen LogP contribution is 2.35. The van der Waals surface area contributed by atoms with E-state index >= 15 is 0 Å². The molecule has 4 rings (SSSR count). The number of carbonyl (C=O) groups excluding carboxylic acids is 1. The van der Waals surface area contributed by atoms with Crippen molar-refractivity contribution < 1.29 is 40.6 Å². The van der Waals surface area contributed by atoms with E-state index in [-0.39, 0.29) is 17.2 Å². The topological polar surface area (TPSA) is 94.2 Å². The van der Waals surface area contributed by atoms with E-state index in [9.17, 15) is 26.4 Å². The molecule has 1 saturated heterocycles. The molecule has 0 aromatic heterocycles. The smallest absolute Gasteiger partial charge is 0.422 e. The van der Waals surface area contributed by atoms with Crippen LogP contribution in [0.3, 0.4) is 0 Å². The third-order valence-corrected chi connectivity index (χ3v) is 7.06. The van der Waals surface area contributed by atoms with Crippen molar-refractivity contribution in [3.05, 3.63) is 42.5 Å². The number of alkyl halides is 3. The molecule has 1 unspecified atom stereocenters. The second-order valence-corrected chi connectivity index (χ2v) is 9.39. The van der Waals surface area contributed by atoms with Crippen LogP contribution < -0.4 is 19.5 Å². The second kappa shape index (κ2) is 9.10. The Bertz CT molecular complexity index is 1120. The van der Waals surface area contributed by atoms with Gasteiger partial charge in [0.1, 0.15) is 25.0 Å². The fraction of sp³-hybridized carbons (Fsp3) is 0.381. The number of hydrogen-bond acceptors (Lipinski definition) is 6. The number of carbonyl (C=O) groups is 1. The molecule has 0 spiro atoms. The molecule has 2 aromatic carbocycles. The average molecular weight is 486 g/mol. The third kappa shape index (κ3) is 5.33. The van der Waals surface area contributed by atoms with Crippen LogP contribution >= 0.6 is 0 Å². The summed E-state index contributed by atoms with van der Waals surface area (Å²) in [5.41, 5.74) is 0.308. The van der Waals surface area contributed by atoms with E-state index in [1.54, 1.807) is 0 Å². The summed E-state index contributed by atoms with van der Waals surface area (Å²) in [4.78, 5) is 12.8. The fourth-order valence-corrected chi connectivity index (χ4v) is 5.31. The van der Waals surface area contributed by atoms with Gasteiger partial charge in [0.2, 0.25) is 15.9 Å². The Kier molecular flexibility index (Phi) is 6.39. The minimum Gasteiger partial charge on any atom is -0.486 e. The first-order chi connectivity index (χ1) is 15.6. The summed E-state index contributed by atoms with van der Waals surface area (Å²) in [6.07, 6.45) is -3.62. The largest absolute Gasteiger partial charge is 0.486 e. The van der Waals surface area contributed by atoms with Crippen molar-refractivity contribution in [1.29, 1.82) is 0 Å². The SMILES string of the molecule is O=C(Nc1ccc(OCC(F)(F)F)cc1)C1CCCN1S(=O)(=O)c1ccc2c(c1)OCCO2. The first-order valence-electron chi connectivity index (χ1n) is 10.2. The lowest BCUT2D eigenvalue weighted by Gasteiger charge is -2.24. The van der Waals surface area contributed by atoms with Crippen LogP contribution in [0, 0.1) is 0 Å². The van der Waals surface area contributed by atoms with Gasteiger partial charge < -0.3 is 19.5 Å². The average Bonchev–Trinajstić information content (AvgIpc) is 3.29. The molecule has 0 radical (unpaired) electrons. The maximum absolute atomic E-state index is 13.2. The summed E-state index contributed by atoms with van der Waals surface area (Å²) in [7, 11) is -3.98. The monoisotopic (exact) mass is 486 g/mol. The molecular formula is C21H21F3N2O6S. The van der Waals surface area contributed by atoms with Gasteiger partial charge in [-0.15, -0.1) is 0 Å². The summed E-state index contributed by atoms with van der Waals surface area (Å²) >= 11 is 0. The fourth-order valence-electron chi connectivity index (χ4n) is 3.63. The lowest BCUT2D eigenvalue weighted by Crippen LogP contribution is -2.43. The molecule has 178 valence electrons. The van der Waals surface area contributed by atoms with Gasteiger partial charge in [0.05, 0.1) is 4.90 Å². The predicted octanol–water partition coefficient (Wildman–Crippen LogP) is 3.19. The van der Waals surface area contributed by atoms with E-state index in [1.165, 1.54) is 42.5 Å². The van der Waals surface area contributed by atoms with Crippen LogP contribution in [0.5, 0.6) is 17.2 Å². The van der Waals surface area contributed by atoms with E-state index in [0.717, 1.165) is 4.31 Å². The zero-order chi connectivity index (χ0) is 23.6. The standard InChI is InChI=1S/C21H21F3N2O6S/c22-21(23,24)13-32-15-5-3-14(4-6-15)25-20(27)17-2-1-9-26(17)33(28,29)16-7-8-18-19(12-16)31-11-10-30-18/h3-8,12,17H,1-2,9-11,13H2,(H,25,27). The van der Waals surface area contributed by atoms with Gasteiger partial charge in [0.15, 0.2) is 18.1 Å². The van der Waals surface area contributed by atoms with Gasteiger partial charge in [-0.05, 0) is 49.2 Å². The number of fused-ring (bicyclic) bond motifs is 1. The van der Waals surface area contributed by atoms with Crippen molar-refractivity contribution in [2.24, 2.45) is 0 Å². The molecule has 1 atom stereocenters. The summed E-state index contributed by atoms with van der Waals surface area (Å²) in [6, 6.07) is 8.75. The molecule has 12 heteroatoms. The summed E-state index contributed by atoms with van der Waals surface area (Å²) < 4.78 is 79.9. The van der Waals surface area contributed by atoms with Crippen molar-refractivity contribution in [3.8, 4) is 17.2 Å². The molecule has 0 saturated carbocycles. The number of benzene rings is 2. The van der Waals surface area contributed by atoms with Gasteiger partial charge in [-0.2, -0.15) is 17.5 Å². The van der Waals surface area contributed by atoms with Crippen molar-refractivity contribution in [2.45, 2.75) is 30.0 Å². The lowest BCUT2D eigenvalue weighted by atomic mass is 10.2. The number of amides is 1. The summed E-state index contributed by atoms with van der Waals surface area (Å²) in [5.74, 6) is 0.250. The van der Waals surface area contributed by atoms with E-state index < -0.39 is 34.8 Å². The Balaban J connectivity index is 1.45. The minimum absolute atomic E-state index is 0.00221. The minimum atomic E-state index is -4.46. The number of sulfonamides is 1. The zero-order valence-electron chi connectivity index (χ0n) is 17.3. The zero-order valence-corrected chi connectivity index (χ0v) is 18.1. The Labute approximate surface area is 188 Å². The van der Waals surface area contributed by atoms with Crippen LogP contribution in [0.2, 0.25) is 0 Å². The molecule has 1 amide bonds. The van der Waals surface area contributed by atoms with Crippen molar-refractivity contribution in [1.82, 2.24) is 4.31 Å². The van der Waals surface area contributed by atoms with Gasteiger partial charge >= 0.3 is 6.18 Å². The molecule has 1 fully saturated rings. The molecule has 2 aromatic rings. The highest BCUT2D eigenvalue weighted by atomic mass is 32.2. The number of rotatable bonds is 6. The van der Waals surface area contributed by atoms with Crippen LogP contribution in [0.25, 0.3) is 0 Å². The number of halogens is 3. The van der Waals surface area contributed by atoms with Crippen molar-refractivity contribution >= 4 is 21.6 Å². The van der Waals surface area contributed by atoms with Crippen LogP contribution in [0.15, 0.2) is 47.4 Å². The maximum atomic E-state index is 13.2.